The van der Waals surface area contributed by atoms with Crippen LogP contribution in [0.4, 0.5) is 0 Å². The van der Waals surface area contributed by atoms with Crippen LogP contribution in [0, 0.1) is 5.92 Å². The van der Waals surface area contributed by atoms with Crippen LogP contribution in [0.25, 0.3) is 0 Å². The molecule has 0 aromatic carbocycles. The first kappa shape index (κ1) is 10.0. The summed E-state index contributed by atoms with van der Waals surface area (Å²) in [5.41, 5.74) is 5.83. The molecule has 0 saturated carbocycles. The second kappa shape index (κ2) is 5.81. The van der Waals surface area contributed by atoms with Crippen molar-refractivity contribution in [1.82, 2.24) is 0 Å². The van der Waals surface area contributed by atoms with Gasteiger partial charge in [0.2, 0.25) is 0 Å². The lowest BCUT2D eigenvalue weighted by atomic mass is 10.0. The third kappa shape index (κ3) is 3.96. The minimum atomic E-state index is 0.296. The Kier molecular flexibility index (Phi) is 5.84. The highest BCUT2D eigenvalue weighted by Gasteiger charge is 2.09. The van der Waals surface area contributed by atoms with Gasteiger partial charge in [-0.25, -0.2) is 0 Å². The summed E-state index contributed by atoms with van der Waals surface area (Å²) in [4.78, 5) is 0. The van der Waals surface area contributed by atoms with Gasteiger partial charge in [-0.2, -0.15) is 11.8 Å². The van der Waals surface area contributed by atoms with Crippen molar-refractivity contribution >= 4 is 11.8 Å². The number of nitrogens with two attached hydrogens (primary N) is 1. The summed E-state index contributed by atoms with van der Waals surface area (Å²) in [6.07, 6.45) is 4.93. The smallest absolute Gasteiger partial charge is 0.0107 e. The number of hydrogen-bond acceptors (Lipinski definition) is 2. The van der Waals surface area contributed by atoms with Crippen LogP contribution in [0.2, 0.25) is 0 Å². The lowest BCUT2D eigenvalue weighted by molar-refractivity contribution is 0.505. The largest absolute Gasteiger partial charge is 0.327 e. The van der Waals surface area contributed by atoms with E-state index in [-0.39, 0.29) is 0 Å². The molecule has 0 amide bonds. The third-order valence-electron chi connectivity index (χ3n) is 1.60. The summed E-state index contributed by atoms with van der Waals surface area (Å²) >= 11 is 1.85. The van der Waals surface area contributed by atoms with Crippen molar-refractivity contribution in [2.24, 2.45) is 11.7 Å². The molecule has 0 saturated heterocycles. The standard InChI is InChI=1S/C8H17NS/c1-4-5-8(9)7(2)6-10-3/h4,7-8H,1,5-6,9H2,2-3H3. The Labute approximate surface area is 68.1 Å². The topological polar surface area (TPSA) is 26.0 Å². The number of hydrogen-bond donors (Lipinski definition) is 1. The lowest BCUT2D eigenvalue weighted by Gasteiger charge is -2.16. The highest BCUT2D eigenvalue weighted by molar-refractivity contribution is 7.98. The highest BCUT2D eigenvalue weighted by atomic mass is 32.2. The Morgan fingerprint density at radius 1 is 1.70 bits per heavy atom. The van der Waals surface area contributed by atoms with Gasteiger partial charge in [0.1, 0.15) is 0 Å². The Morgan fingerprint density at radius 2 is 2.30 bits per heavy atom. The SMILES string of the molecule is C=CCC(N)C(C)CSC. The third-order valence-corrected chi connectivity index (χ3v) is 2.46. The molecule has 0 aliphatic heterocycles. The van der Waals surface area contributed by atoms with Crippen molar-refractivity contribution in [2.45, 2.75) is 19.4 Å². The van der Waals surface area contributed by atoms with Crippen LogP contribution in [-0.2, 0) is 0 Å². The van der Waals surface area contributed by atoms with Gasteiger partial charge in [0.15, 0.2) is 0 Å². The van der Waals surface area contributed by atoms with E-state index in [0.29, 0.717) is 12.0 Å². The molecular formula is C8H17NS. The Balaban J connectivity index is 3.47. The zero-order valence-electron chi connectivity index (χ0n) is 6.84. The van der Waals surface area contributed by atoms with E-state index in [2.05, 4.69) is 19.8 Å². The van der Waals surface area contributed by atoms with Crippen LogP contribution in [0.3, 0.4) is 0 Å². The first-order valence-corrected chi connectivity index (χ1v) is 4.97. The molecule has 0 fully saturated rings. The summed E-state index contributed by atoms with van der Waals surface area (Å²) in [5, 5.41) is 0. The summed E-state index contributed by atoms with van der Waals surface area (Å²) < 4.78 is 0. The van der Waals surface area contributed by atoms with Crippen LogP contribution < -0.4 is 5.73 Å². The molecule has 0 aliphatic carbocycles. The molecule has 0 aliphatic rings. The molecule has 2 N–H and O–H groups in total. The average Bonchev–Trinajstić information content (AvgIpc) is 1.89. The molecule has 2 unspecified atom stereocenters. The summed E-state index contributed by atoms with van der Waals surface area (Å²) in [6.45, 7) is 5.84. The van der Waals surface area contributed by atoms with Gasteiger partial charge < -0.3 is 5.73 Å². The van der Waals surface area contributed by atoms with Gasteiger partial charge >= 0.3 is 0 Å². The minimum absolute atomic E-state index is 0.296. The number of thioether (sulfide) groups is 1. The van der Waals surface area contributed by atoms with E-state index < -0.39 is 0 Å². The zero-order valence-corrected chi connectivity index (χ0v) is 7.66. The van der Waals surface area contributed by atoms with Crippen molar-refractivity contribution in [3.05, 3.63) is 12.7 Å². The number of rotatable bonds is 5. The molecule has 0 spiro atoms. The van der Waals surface area contributed by atoms with Gasteiger partial charge in [0, 0.05) is 6.04 Å². The maximum absolute atomic E-state index is 5.83. The molecule has 0 radical (unpaired) electrons. The van der Waals surface area contributed by atoms with Crippen LogP contribution in [-0.4, -0.2) is 18.1 Å². The zero-order chi connectivity index (χ0) is 7.98. The minimum Gasteiger partial charge on any atom is -0.327 e. The van der Waals surface area contributed by atoms with E-state index >= 15 is 0 Å². The first-order valence-electron chi connectivity index (χ1n) is 3.57. The normalized spacial score (nSPS) is 16.3. The van der Waals surface area contributed by atoms with Crippen LogP contribution in [0.1, 0.15) is 13.3 Å². The summed E-state index contributed by atoms with van der Waals surface area (Å²) in [7, 11) is 0. The van der Waals surface area contributed by atoms with Crippen LogP contribution in [0.15, 0.2) is 12.7 Å². The van der Waals surface area contributed by atoms with Gasteiger partial charge in [0.05, 0.1) is 0 Å². The Hall–Kier alpha value is 0.0500. The van der Waals surface area contributed by atoms with Crippen molar-refractivity contribution < 1.29 is 0 Å². The fourth-order valence-corrected chi connectivity index (χ4v) is 1.58. The van der Waals surface area contributed by atoms with E-state index in [9.17, 15) is 0 Å². The van der Waals surface area contributed by atoms with E-state index in [0.717, 1.165) is 12.2 Å². The van der Waals surface area contributed by atoms with E-state index in [4.69, 9.17) is 5.73 Å². The average molecular weight is 159 g/mol. The molecular weight excluding hydrogens is 142 g/mol. The molecule has 0 rings (SSSR count). The van der Waals surface area contributed by atoms with Crippen LogP contribution in [0.5, 0.6) is 0 Å². The van der Waals surface area contributed by atoms with Gasteiger partial charge in [-0.3, -0.25) is 0 Å². The monoisotopic (exact) mass is 159 g/mol. The Bertz CT molecular complexity index is 93.3. The summed E-state index contributed by atoms with van der Waals surface area (Å²) in [6, 6.07) is 0.296. The van der Waals surface area contributed by atoms with Crippen molar-refractivity contribution in [3.8, 4) is 0 Å². The van der Waals surface area contributed by atoms with Crippen molar-refractivity contribution in [2.75, 3.05) is 12.0 Å². The Morgan fingerprint density at radius 3 is 2.70 bits per heavy atom. The first-order chi connectivity index (χ1) is 4.72. The van der Waals surface area contributed by atoms with Crippen molar-refractivity contribution in [3.63, 3.8) is 0 Å². The predicted molar refractivity (Wildman–Crippen MR) is 50.3 cm³/mol. The fraction of sp³-hybridized carbons (Fsp3) is 0.750. The maximum atomic E-state index is 5.83. The van der Waals surface area contributed by atoms with E-state index in [1.807, 2.05) is 17.8 Å². The molecule has 60 valence electrons. The molecule has 1 nitrogen and oxygen atoms in total. The quantitative estimate of drug-likeness (QED) is 0.620. The van der Waals surface area contributed by atoms with E-state index in [1.165, 1.54) is 0 Å². The molecule has 2 atom stereocenters. The second-order valence-corrected chi connectivity index (χ2v) is 3.53. The van der Waals surface area contributed by atoms with Crippen molar-refractivity contribution in [1.29, 1.82) is 0 Å². The van der Waals surface area contributed by atoms with Crippen LogP contribution >= 0.6 is 11.8 Å². The van der Waals surface area contributed by atoms with E-state index in [1.54, 1.807) is 0 Å². The van der Waals surface area contributed by atoms with Gasteiger partial charge in [-0.15, -0.1) is 6.58 Å². The maximum Gasteiger partial charge on any atom is 0.0107 e. The molecule has 2 heteroatoms. The highest BCUT2D eigenvalue weighted by Crippen LogP contribution is 2.10. The molecule has 10 heavy (non-hydrogen) atoms. The summed E-state index contributed by atoms with van der Waals surface area (Å²) in [5.74, 6) is 1.75. The van der Waals surface area contributed by atoms with Gasteiger partial charge in [-0.1, -0.05) is 13.0 Å². The molecule has 0 aromatic rings. The second-order valence-electron chi connectivity index (χ2n) is 2.62. The van der Waals surface area contributed by atoms with Gasteiger partial charge in [0.25, 0.3) is 0 Å². The predicted octanol–water partition coefficient (Wildman–Crippen LogP) is 1.89. The molecule has 0 aromatic heterocycles. The van der Waals surface area contributed by atoms with Gasteiger partial charge in [-0.05, 0) is 24.3 Å². The lowest BCUT2D eigenvalue weighted by Crippen LogP contribution is -2.28. The molecule has 0 heterocycles. The fourth-order valence-electron chi connectivity index (χ4n) is 0.811. The molecule has 0 bridgehead atoms.